The van der Waals surface area contributed by atoms with Gasteiger partial charge in [-0.2, -0.15) is 0 Å². The van der Waals surface area contributed by atoms with Crippen LogP contribution in [0.4, 0.5) is 0 Å². The maximum absolute atomic E-state index is 12.4. The van der Waals surface area contributed by atoms with Crippen LogP contribution in [0.3, 0.4) is 0 Å². The number of aliphatic hydroxyl groups is 1. The Morgan fingerprint density at radius 1 is 1.23 bits per heavy atom. The van der Waals surface area contributed by atoms with E-state index in [0.717, 1.165) is 36.8 Å². The Hall–Kier alpha value is -2.14. The van der Waals surface area contributed by atoms with Crippen LogP contribution in [0.1, 0.15) is 49.1 Å². The summed E-state index contributed by atoms with van der Waals surface area (Å²) in [5.74, 6) is 1.16. The van der Waals surface area contributed by atoms with Crippen molar-refractivity contribution >= 4 is 5.91 Å². The highest BCUT2D eigenvalue weighted by Gasteiger charge is 2.31. The first-order valence-corrected chi connectivity index (χ1v) is 9.43. The molecule has 0 aliphatic heterocycles. The second-order valence-electron chi connectivity index (χ2n) is 7.51. The Bertz CT molecular complexity index is 760. The van der Waals surface area contributed by atoms with Crippen LogP contribution in [0.5, 0.6) is 0 Å². The van der Waals surface area contributed by atoms with E-state index in [1.54, 1.807) is 0 Å². The van der Waals surface area contributed by atoms with Gasteiger partial charge in [-0.25, -0.2) is 4.98 Å². The van der Waals surface area contributed by atoms with Crippen LogP contribution in [0.25, 0.3) is 11.5 Å². The van der Waals surface area contributed by atoms with E-state index in [9.17, 15) is 9.90 Å². The van der Waals surface area contributed by atoms with E-state index in [2.05, 4.69) is 10.3 Å². The van der Waals surface area contributed by atoms with Gasteiger partial charge in [0.2, 0.25) is 11.8 Å². The molecule has 0 atom stereocenters. The molecule has 2 N–H and O–H groups in total. The molecule has 0 saturated heterocycles. The van der Waals surface area contributed by atoms with E-state index in [1.165, 1.54) is 6.42 Å². The maximum Gasteiger partial charge on any atom is 0.226 e. The molecule has 0 unspecified atom stereocenters. The molecule has 0 spiro atoms. The molecule has 2 aromatic rings. The molecular weight excluding hydrogens is 328 g/mol. The fourth-order valence-electron chi connectivity index (χ4n) is 3.71. The van der Waals surface area contributed by atoms with Gasteiger partial charge in [-0.15, -0.1) is 0 Å². The lowest BCUT2D eigenvalue weighted by atomic mass is 9.74. The average Bonchev–Trinajstić information content (AvgIpc) is 3.01. The molecule has 1 amide bonds. The largest absolute Gasteiger partial charge is 0.441 e. The third-order valence-corrected chi connectivity index (χ3v) is 5.51. The van der Waals surface area contributed by atoms with Gasteiger partial charge in [0, 0.05) is 17.5 Å². The van der Waals surface area contributed by atoms with Crippen LogP contribution < -0.4 is 5.32 Å². The fourth-order valence-corrected chi connectivity index (χ4v) is 3.71. The average molecular weight is 356 g/mol. The second kappa shape index (κ2) is 8.04. The van der Waals surface area contributed by atoms with Gasteiger partial charge in [-0.05, 0) is 38.3 Å². The Morgan fingerprint density at radius 2 is 1.96 bits per heavy atom. The van der Waals surface area contributed by atoms with E-state index in [4.69, 9.17) is 4.42 Å². The smallest absolute Gasteiger partial charge is 0.226 e. The van der Waals surface area contributed by atoms with Gasteiger partial charge in [0.1, 0.15) is 5.76 Å². The van der Waals surface area contributed by atoms with Crippen LogP contribution in [0.2, 0.25) is 0 Å². The number of aliphatic hydroxyl groups excluding tert-OH is 1. The number of hydrogen-bond donors (Lipinski definition) is 2. The number of hydrogen-bond acceptors (Lipinski definition) is 4. The zero-order valence-corrected chi connectivity index (χ0v) is 15.7. The van der Waals surface area contributed by atoms with Crippen molar-refractivity contribution in [1.82, 2.24) is 10.3 Å². The highest BCUT2D eigenvalue weighted by Crippen LogP contribution is 2.35. The number of nitrogens with zero attached hydrogens (tertiary/aromatic N) is 1. The molecule has 1 aromatic carbocycles. The zero-order chi connectivity index (χ0) is 18.6. The van der Waals surface area contributed by atoms with E-state index < -0.39 is 0 Å². The Kier molecular flexibility index (Phi) is 5.77. The molecule has 0 radical (unpaired) electrons. The lowest BCUT2D eigenvalue weighted by molar-refractivity contribution is -0.121. The summed E-state index contributed by atoms with van der Waals surface area (Å²) in [6.45, 7) is 4.52. The van der Waals surface area contributed by atoms with Crippen molar-refractivity contribution in [2.24, 2.45) is 5.41 Å². The highest BCUT2D eigenvalue weighted by atomic mass is 16.4. The number of carbonyl (C=O) groups is 1. The minimum atomic E-state index is -0.154. The van der Waals surface area contributed by atoms with E-state index >= 15 is 0 Å². The first kappa shape index (κ1) is 18.6. The normalized spacial score (nSPS) is 16.4. The van der Waals surface area contributed by atoms with Crippen LogP contribution in [-0.2, 0) is 11.2 Å². The lowest BCUT2D eigenvalue weighted by Crippen LogP contribution is -2.41. The van der Waals surface area contributed by atoms with Gasteiger partial charge in [0.25, 0.3) is 0 Å². The van der Waals surface area contributed by atoms with E-state index in [-0.39, 0.29) is 24.3 Å². The first-order valence-electron chi connectivity index (χ1n) is 9.43. The number of oxazole rings is 1. The predicted octanol–water partition coefficient (Wildman–Crippen LogP) is 3.56. The summed E-state index contributed by atoms with van der Waals surface area (Å²) in [4.78, 5) is 16.9. The summed E-state index contributed by atoms with van der Waals surface area (Å²) in [5.41, 5.74) is 2.55. The number of rotatable bonds is 6. The van der Waals surface area contributed by atoms with Crippen LogP contribution in [0.15, 0.2) is 28.7 Å². The predicted molar refractivity (Wildman–Crippen MR) is 101 cm³/mol. The number of aryl methyl sites for hydroxylation is 2. The number of amides is 1. The van der Waals surface area contributed by atoms with Gasteiger partial charge >= 0.3 is 0 Å². The molecule has 5 heteroatoms. The second-order valence-corrected chi connectivity index (χ2v) is 7.51. The van der Waals surface area contributed by atoms with Crippen molar-refractivity contribution < 1.29 is 14.3 Å². The van der Waals surface area contributed by atoms with Gasteiger partial charge < -0.3 is 14.8 Å². The van der Waals surface area contributed by atoms with Gasteiger partial charge in [0.15, 0.2) is 0 Å². The van der Waals surface area contributed by atoms with Crippen LogP contribution in [0, 0.1) is 19.3 Å². The number of nitrogens with one attached hydrogen (secondary N) is 1. The van der Waals surface area contributed by atoms with Crippen molar-refractivity contribution in [3.05, 3.63) is 41.3 Å². The zero-order valence-electron chi connectivity index (χ0n) is 15.7. The maximum atomic E-state index is 12.4. The molecular formula is C21H28N2O3. The summed E-state index contributed by atoms with van der Waals surface area (Å²) in [7, 11) is 0. The molecule has 140 valence electrons. The van der Waals surface area contributed by atoms with Crippen molar-refractivity contribution in [3.63, 3.8) is 0 Å². The molecule has 1 fully saturated rings. The van der Waals surface area contributed by atoms with Crippen molar-refractivity contribution in [2.45, 2.75) is 52.4 Å². The number of benzene rings is 1. The third kappa shape index (κ3) is 4.15. The Labute approximate surface area is 154 Å². The molecule has 1 heterocycles. The molecule has 1 aliphatic carbocycles. The summed E-state index contributed by atoms with van der Waals surface area (Å²) in [6.07, 6.45) is 5.61. The summed E-state index contributed by atoms with van der Waals surface area (Å²) < 4.78 is 5.79. The van der Waals surface area contributed by atoms with Gasteiger partial charge in [-0.3, -0.25) is 4.79 Å². The monoisotopic (exact) mass is 356 g/mol. The Morgan fingerprint density at radius 3 is 2.65 bits per heavy atom. The molecule has 1 saturated carbocycles. The summed E-state index contributed by atoms with van der Waals surface area (Å²) >= 11 is 0. The van der Waals surface area contributed by atoms with Crippen molar-refractivity contribution in [3.8, 4) is 11.5 Å². The SMILES string of the molecule is Cc1ccccc1-c1nc(CC(=O)NCC2(CO)CCCCC2)c(C)o1. The molecule has 0 bridgehead atoms. The van der Waals surface area contributed by atoms with E-state index in [0.29, 0.717) is 23.9 Å². The molecule has 5 nitrogen and oxygen atoms in total. The Balaban J connectivity index is 1.64. The fraction of sp³-hybridized carbons (Fsp3) is 0.524. The molecule has 1 aromatic heterocycles. The number of aromatic nitrogens is 1. The third-order valence-electron chi connectivity index (χ3n) is 5.51. The minimum Gasteiger partial charge on any atom is -0.441 e. The van der Waals surface area contributed by atoms with Crippen LogP contribution >= 0.6 is 0 Å². The highest BCUT2D eigenvalue weighted by molar-refractivity contribution is 5.78. The molecule has 3 rings (SSSR count). The van der Waals surface area contributed by atoms with Gasteiger partial charge in [0.05, 0.1) is 18.7 Å². The van der Waals surface area contributed by atoms with Crippen LogP contribution in [-0.4, -0.2) is 29.1 Å². The van der Waals surface area contributed by atoms with Crippen molar-refractivity contribution in [1.29, 1.82) is 0 Å². The first-order chi connectivity index (χ1) is 12.5. The number of carbonyl (C=O) groups excluding carboxylic acids is 1. The summed E-state index contributed by atoms with van der Waals surface area (Å²) in [5, 5.41) is 12.8. The topological polar surface area (TPSA) is 75.4 Å². The van der Waals surface area contributed by atoms with Crippen molar-refractivity contribution in [2.75, 3.05) is 13.2 Å². The lowest BCUT2D eigenvalue weighted by Gasteiger charge is -2.35. The van der Waals surface area contributed by atoms with Gasteiger partial charge in [-0.1, -0.05) is 37.5 Å². The summed E-state index contributed by atoms with van der Waals surface area (Å²) in [6, 6.07) is 7.91. The molecule has 1 aliphatic rings. The minimum absolute atomic E-state index is 0.0730. The standard InChI is InChI=1S/C21H28N2O3/c1-15-8-4-5-9-17(15)20-23-18(16(2)26-20)12-19(25)22-13-21(14-24)10-6-3-7-11-21/h4-5,8-9,24H,3,6-7,10-14H2,1-2H3,(H,22,25). The quantitative estimate of drug-likeness (QED) is 0.830. The van der Waals surface area contributed by atoms with E-state index in [1.807, 2.05) is 38.1 Å². The molecule has 26 heavy (non-hydrogen) atoms.